The van der Waals surface area contributed by atoms with Gasteiger partial charge in [-0.1, -0.05) is 0 Å². The molecule has 1 heterocycles. The largest absolute Gasteiger partial charge is 0.466 e. The Bertz CT molecular complexity index is 398. The van der Waals surface area contributed by atoms with E-state index in [2.05, 4.69) is 4.74 Å². The summed E-state index contributed by atoms with van der Waals surface area (Å²) < 4.78 is 10.7. The Kier molecular flexibility index (Phi) is 3.93. The van der Waals surface area contributed by atoms with Crippen molar-refractivity contribution in [2.75, 3.05) is 19.5 Å². The summed E-state index contributed by atoms with van der Waals surface area (Å²) in [4.78, 5) is 22.3. The van der Waals surface area contributed by atoms with Gasteiger partial charge in [0.05, 0.1) is 12.8 Å². The summed E-state index contributed by atoms with van der Waals surface area (Å²) in [5.41, 5.74) is 6.36. The number of aryl methyl sites for hydroxylation is 1. The Morgan fingerprint density at radius 3 is 2.75 bits per heavy atom. The van der Waals surface area contributed by atoms with Gasteiger partial charge in [-0.3, -0.25) is 0 Å². The van der Waals surface area contributed by atoms with Crippen molar-refractivity contribution in [3.8, 4) is 0 Å². The van der Waals surface area contributed by atoms with Crippen molar-refractivity contribution in [1.29, 1.82) is 0 Å². The lowest BCUT2D eigenvalue weighted by atomic mass is 10.4. The molecule has 0 amide bonds. The minimum Gasteiger partial charge on any atom is -0.466 e. The molecule has 0 aliphatic heterocycles. The van der Waals surface area contributed by atoms with Crippen LogP contribution in [-0.2, 0) is 20.8 Å². The third-order valence-electron chi connectivity index (χ3n) is 2.02. The first-order valence-electron chi connectivity index (χ1n) is 4.78. The number of hydrogen-bond acceptors (Lipinski definition) is 5. The molecule has 0 spiro atoms. The molecule has 1 rings (SSSR count). The van der Waals surface area contributed by atoms with E-state index in [1.807, 2.05) is 6.92 Å². The number of methoxy groups -OCH3 is 1. The Balaban J connectivity index is 2.68. The van der Waals surface area contributed by atoms with Gasteiger partial charge in [-0.2, -0.15) is 0 Å². The summed E-state index contributed by atoms with van der Waals surface area (Å²) in [6.07, 6.45) is 1.63. The van der Waals surface area contributed by atoms with E-state index in [0.717, 1.165) is 0 Å². The lowest BCUT2D eigenvalue weighted by Gasteiger charge is -2.05. The highest BCUT2D eigenvalue weighted by Gasteiger charge is 2.15. The zero-order valence-electron chi connectivity index (χ0n) is 9.23. The van der Waals surface area contributed by atoms with Gasteiger partial charge in [-0.15, -0.1) is 0 Å². The lowest BCUT2D eigenvalue weighted by molar-refractivity contribution is -0.144. The average Bonchev–Trinajstić information content (AvgIpc) is 2.66. The predicted molar refractivity (Wildman–Crippen MR) is 56.8 cm³/mol. The van der Waals surface area contributed by atoms with E-state index in [0.29, 0.717) is 17.9 Å². The fourth-order valence-electron chi connectivity index (χ4n) is 1.22. The average molecular weight is 226 g/mol. The number of nitrogens with zero attached hydrogens (tertiary/aromatic N) is 1. The fourth-order valence-corrected chi connectivity index (χ4v) is 1.22. The van der Waals surface area contributed by atoms with E-state index < -0.39 is 18.5 Å². The third kappa shape index (κ3) is 2.75. The molecule has 0 atom stereocenters. The Labute approximate surface area is 92.9 Å². The van der Waals surface area contributed by atoms with Crippen LogP contribution in [0.2, 0.25) is 0 Å². The van der Waals surface area contributed by atoms with E-state index in [-0.39, 0.29) is 0 Å². The van der Waals surface area contributed by atoms with E-state index in [1.165, 1.54) is 13.2 Å². The fraction of sp³-hybridized carbons (Fsp3) is 0.400. The van der Waals surface area contributed by atoms with Crippen LogP contribution in [0.1, 0.15) is 17.4 Å². The highest BCUT2D eigenvalue weighted by molar-refractivity contribution is 5.90. The van der Waals surface area contributed by atoms with Crippen LogP contribution >= 0.6 is 0 Å². The zero-order chi connectivity index (χ0) is 12.1. The topological polar surface area (TPSA) is 83.5 Å². The second-order valence-corrected chi connectivity index (χ2v) is 3.10. The van der Waals surface area contributed by atoms with Gasteiger partial charge in [0.25, 0.3) is 0 Å². The number of aromatic nitrogens is 1. The maximum Gasteiger partial charge on any atom is 0.355 e. The monoisotopic (exact) mass is 226 g/mol. The van der Waals surface area contributed by atoms with Crippen LogP contribution in [0.4, 0.5) is 5.69 Å². The Morgan fingerprint density at radius 2 is 2.19 bits per heavy atom. The van der Waals surface area contributed by atoms with Crippen LogP contribution in [0.5, 0.6) is 0 Å². The molecule has 88 valence electrons. The molecule has 1 aromatic heterocycles. The van der Waals surface area contributed by atoms with Crippen molar-refractivity contribution in [2.24, 2.45) is 0 Å². The highest BCUT2D eigenvalue weighted by atomic mass is 16.6. The SMILES string of the molecule is CCn1cc(N)cc1C(=O)OCC(=O)OC. The molecule has 2 N–H and O–H groups in total. The summed E-state index contributed by atoms with van der Waals surface area (Å²) in [5, 5.41) is 0. The van der Waals surface area contributed by atoms with E-state index in [9.17, 15) is 9.59 Å². The molecule has 6 nitrogen and oxygen atoms in total. The first-order valence-corrected chi connectivity index (χ1v) is 4.78. The lowest BCUT2D eigenvalue weighted by Crippen LogP contribution is -2.17. The molecule has 0 fully saturated rings. The predicted octanol–water partition coefficient (Wildman–Crippen LogP) is 0.420. The van der Waals surface area contributed by atoms with E-state index >= 15 is 0 Å². The summed E-state index contributed by atoms with van der Waals surface area (Å²) in [7, 11) is 1.23. The number of nitrogen functional groups attached to an aromatic ring is 1. The summed E-state index contributed by atoms with van der Waals surface area (Å²) in [5.74, 6) is -1.19. The quantitative estimate of drug-likeness (QED) is 0.752. The minimum absolute atomic E-state index is 0.323. The maximum absolute atomic E-state index is 11.6. The number of nitrogens with two attached hydrogens (primary N) is 1. The van der Waals surface area contributed by atoms with Crippen LogP contribution in [0.25, 0.3) is 0 Å². The molecule has 0 saturated carbocycles. The van der Waals surface area contributed by atoms with Gasteiger partial charge >= 0.3 is 11.9 Å². The first-order chi connectivity index (χ1) is 7.58. The van der Waals surface area contributed by atoms with Crippen molar-refractivity contribution in [3.05, 3.63) is 18.0 Å². The molecule has 0 saturated heterocycles. The molecular formula is C10H14N2O4. The van der Waals surface area contributed by atoms with Crippen LogP contribution in [0.3, 0.4) is 0 Å². The molecule has 1 aromatic rings. The van der Waals surface area contributed by atoms with Crippen molar-refractivity contribution >= 4 is 17.6 Å². The second kappa shape index (κ2) is 5.20. The molecule has 0 aliphatic rings. The molecule has 0 bridgehead atoms. The van der Waals surface area contributed by atoms with Crippen LogP contribution in [-0.4, -0.2) is 30.2 Å². The van der Waals surface area contributed by atoms with Crippen LogP contribution in [0.15, 0.2) is 12.3 Å². The van der Waals surface area contributed by atoms with Gasteiger partial charge in [-0.25, -0.2) is 9.59 Å². The van der Waals surface area contributed by atoms with Crippen molar-refractivity contribution < 1.29 is 19.1 Å². The van der Waals surface area contributed by atoms with Gasteiger partial charge < -0.3 is 19.8 Å². The first kappa shape index (κ1) is 12.1. The minimum atomic E-state index is -0.601. The number of carbonyl (C=O) groups is 2. The highest BCUT2D eigenvalue weighted by Crippen LogP contribution is 2.11. The molecule has 0 radical (unpaired) electrons. The summed E-state index contributed by atoms with van der Waals surface area (Å²) in [6, 6.07) is 1.50. The number of ether oxygens (including phenoxy) is 2. The number of carbonyl (C=O) groups excluding carboxylic acids is 2. The molecular weight excluding hydrogens is 212 g/mol. The van der Waals surface area contributed by atoms with Crippen LogP contribution in [0, 0.1) is 0 Å². The number of esters is 2. The molecule has 0 aliphatic carbocycles. The van der Waals surface area contributed by atoms with Crippen LogP contribution < -0.4 is 5.73 Å². The molecule has 16 heavy (non-hydrogen) atoms. The van der Waals surface area contributed by atoms with Crippen molar-refractivity contribution in [2.45, 2.75) is 13.5 Å². The standard InChI is InChI=1S/C10H14N2O4/c1-3-12-5-7(11)4-8(12)10(14)16-6-9(13)15-2/h4-5H,3,6,11H2,1-2H3. The summed E-state index contributed by atoms with van der Waals surface area (Å²) in [6.45, 7) is 2.07. The normalized spacial score (nSPS) is 9.88. The van der Waals surface area contributed by atoms with Crippen molar-refractivity contribution in [3.63, 3.8) is 0 Å². The summed E-state index contributed by atoms with van der Waals surface area (Å²) >= 11 is 0. The van der Waals surface area contributed by atoms with Gasteiger partial charge in [0.1, 0.15) is 5.69 Å². The molecule has 6 heteroatoms. The third-order valence-corrected chi connectivity index (χ3v) is 2.02. The Hall–Kier alpha value is -1.98. The van der Waals surface area contributed by atoms with E-state index in [1.54, 1.807) is 10.8 Å². The van der Waals surface area contributed by atoms with E-state index in [4.69, 9.17) is 10.5 Å². The molecule has 0 aromatic carbocycles. The maximum atomic E-state index is 11.6. The number of hydrogen-bond donors (Lipinski definition) is 1. The van der Waals surface area contributed by atoms with Gasteiger partial charge in [0.15, 0.2) is 6.61 Å². The van der Waals surface area contributed by atoms with Gasteiger partial charge in [0, 0.05) is 12.7 Å². The van der Waals surface area contributed by atoms with Gasteiger partial charge in [-0.05, 0) is 13.0 Å². The Morgan fingerprint density at radius 1 is 1.50 bits per heavy atom. The number of anilines is 1. The molecule has 0 unspecified atom stereocenters. The smallest absolute Gasteiger partial charge is 0.355 e. The van der Waals surface area contributed by atoms with Gasteiger partial charge in [0.2, 0.25) is 0 Å². The number of rotatable bonds is 4. The van der Waals surface area contributed by atoms with Crippen molar-refractivity contribution in [1.82, 2.24) is 4.57 Å². The second-order valence-electron chi connectivity index (χ2n) is 3.10. The zero-order valence-corrected chi connectivity index (χ0v) is 9.23.